The first-order chi connectivity index (χ1) is 16.1. The first-order valence-corrected chi connectivity index (χ1v) is 11.9. The van der Waals surface area contributed by atoms with Gasteiger partial charge in [0.05, 0.1) is 12.6 Å². The predicted molar refractivity (Wildman–Crippen MR) is 126 cm³/mol. The number of carbonyl (C=O) groups excluding carboxylic acids is 1. The minimum absolute atomic E-state index is 0.0474. The van der Waals surface area contributed by atoms with E-state index in [0.29, 0.717) is 30.5 Å². The zero-order valence-corrected chi connectivity index (χ0v) is 19.6. The van der Waals surface area contributed by atoms with Gasteiger partial charge in [0.15, 0.2) is 5.76 Å². The number of hydrogen-bond donors (Lipinski definition) is 2. The van der Waals surface area contributed by atoms with Gasteiger partial charge in [0.1, 0.15) is 5.69 Å². The van der Waals surface area contributed by atoms with Gasteiger partial charge in [0.25, 0.3) is 0 Å². The third kappa shape index (κ3) is 5.11. The van der Waals surface area contributed by atoms with Crippen molar-refractivity contribution in [2.24, 2.45) is 0 Å². The van der Waals surface area contributed by atoms with Crippen LogP contribution in [0.3, 0.4) is 0 Å². The van der Waals surface area contributed by atoms with E-state index in [4.69, 9.17) is 4.52 Å². The number of carbonyl (C=O) groups is 1. The Hall–Kier alpha value is -3.14. The second-order valence-electron chi connectivity index (χ2n) is 8.45. The molecular formula is C23H25BrN6O3. The van der Waals surface area contributed by atoms with Crippen LogP contribution in [0.2, 0.25) is 0 Å². The SMILES string of the molecule is O=C(NCc1cc(-c2cccc(Br)c2)on1)N(C1CC1)[C@@H]1CCCN(c2nccc(O)n2)C1. The third-order valence-corrected chi connectivity index (χ3v) is 6.46. The predicted octanol–water partition coefficient (Wildman–Crippen LogP) is 3.94. The van der Waals surface area contributed by atoms with Crippen molar-refractivity contribution in [2.45, 2.75) is 44.3 Å². The number of urea groups is 1. The summed E-state index contributed by atoms with van der Waals surface area (Å²) in [6, 6.07) is 11.3. The second kappa shape index (κ2) is 9.38. The van der Waals surface area contributed by atoms with Crippen molar-refractivity contribution in [3.63, 3.8) is 0 Å². The average Bonchev–Trinajstić information content (AvgIpc) is 3.53. The van der Waals surface area contributed by atoms with Gasteiger partial charge in [-0.3, -0.25) is 0 Å². The number of benzene rings is 1. The summed E-state index contributed by atoms with van der Waals surface area (Å²) in [6.45, 7) is 1.74. The molecule has 10 heteroatoms. The Morgan fingerprint density at radius 1 is 1.24 bits per heavy atom. The van der Waals surface area contributed by atoms with Crippen LogP contribution < -0.4 is 10.2 Å². The lowest BCUT2D eigenvalue weighted by molar-refractivity contribution is 0.160. The Morgan fingerprint density at radius 3 is 2.91 bits per heavy atom. The molecule has 3 aromatic rings. The maximum atomic E-state index is 13.2. The highest BCUT2D eigenvalue weighted by Gasteiger charge is 2.39. The normalized spacial score (nSPS) is 18.2. The van der Waals surface area contributed by atoms with Crippen LogP contribution in [-0.4, -0.2) is 56.3 Å². The smallest absolute Gasteiger partial charge is 0.318 e. The van der Waals surface area contributed by atoms with Crippen LogP contribution in [0.5, 0.6) is 5.88 Å². The van der Waals surface area contributed by atoms with Gasteiger partial charge in [-0.25, -0.2) is 9.78 Å². The number of amides is 2. The lowest BCUT2D eigenvalue weighted by atomic mass is 10.0. The first-order valence-electron chi connectivity index (χ1n) is 11.1. The molecule has 2 aliphatic rings. The molecule has 0 spiro atoms. The number of nitrogens with one attached hydrogen (secondary N) is 1. The van der Waals surface area contributed by atoms with Crippen LogP contribution >= 0.6 is 15.9 Å². The molecule has 9 nitrogen and oxygen atoms in total. The molecule has 5 rings (SSSR count). The van der Waals surface area contributed by atoms with E-state index in [9.17, 15) is 9.90 Å². The summed E-state index contributed by atoms with van der Waals surface area (Å²) in [6.07, 6.45) is 5.44. The molecule has 2 N–H and O–H groups in total. The van der Waals surface area contributed by atoms with Gasteiger partial charge in [-0.05, 0) is 37.8 Å². The van der Waals surface area contributed by atoms with Crippen LogP contribution in [0.25, 0.3) is 11.3 Å². The molecule has 3 heterocycles. The molecule has 1 aromatic carbocycles. The second-order valence-corrected chi connectivity index (χ2v) is 9.36. The van der Waals surface area contributed by atoms with Crippen molar-refractivity contribution in [2.75, 3.05) is 18.0 Å². The van der Waals surface area contributed by atoms with E-state index < -0.39 is 0 Å². The quantitative estimate of drug-likeness (QED) is 0.514. The third-order valence-electron chi connectivity index (χ3n) is 5.96. The molecule has 1 atom stereocenters. The zero-order chi connectivity index (χ0) is 22.8. The van der Waals surface area contributed by atoms with Crippen LogP contribution in [0.15, 0.2) is 51.6 Å². The fourth-order valence-electron chi connectivity index (χ4n) is 4.27. The number of nitrogens with zero attached hydrogens (tertiary/aromatic N) is 5. The largest absolute Gasteiger partial charge is 0.493 e. The Morgan fingerprint density at radius 2 is 2.12 bits per heavy atom. The molecule has 1 aliphatic heterocycles. The summed E-state index contributed by atoms with van der Waals surface area (Å²) in [5.41, 5.74) is 1.60. The highest BCUT2D eigenvalue weighted by atomic mass is 79.9. The van der Waals surface area contributed by atoms with Gasteiger partial charge in [0, 0.05) is 47.5 Å². The van der Waals surface area contributed by atoms with Crippen molar-refractivity contribution in [1.29, 1.82) is 0 Å². The van der Waals surface area contributed by atoms with Crippen molar-refractivity contribution >= 4 is 27.9 Å². The van der Waals surface area contributed by atoms with Crippen molar-refractivity contribution in [3.8, 4) is 17.2 Å². The number of rotatable bonds is 6. The summed E-state index contributed by atoms with van der Waals surface area (Å²) < 4.78 is 6.43. The topological polar surface area (TPSA) is 108 Å². The van der Waals surface area contributed by atoms with Crippen molar-refractivity contribution < 1.29 is 14.4 Å². The Labute approximate surface area is 199 Å². The van der Waals surface area contributed by atoms with Gasteiger partial charge < -0.3 is 24.7 Å². The standard InChI is InChI=1S/C23H25BrN6O3/c24-16-4-1-3-15(11-16)20-12-17(28-33-20)13-26-23(32)30(18-6-7-18)19-5-2-10-29(14-19)22-25-9-8-21(31)27-22/h1,3-4,8-9,11-12,18-19H,2,5-7,10,13-14H2,(H,26,32)(H,25,27,31)/t19-/m1/s1. The molecule has 2 aromatic heterocycles. The van der Waals surface area contributed by atoms with Crippen molar-refractivity contribution in [3.05, 3.63) is 52.8 Å². The Balaban J connectivity index is 1.23. The molecule has 2 amide bonds. The van der Waals surface area contributed by atoms with Crippen LogP contribution in [0.1, 0.15) is 31.4 Å². The highest BCUT2D eigenvalue weighted by Crippen LogP contribution is 2.32. The fraction of sp³-hybridized carbons (Fsp3) is 0.391. The van der Waals surface area contributed by atoms with E-state index in [0.717, 1.165) is 42.3 Å². The van der Waals surface area contributed by atoms with Crippen LogP contribution in [0.4, 0.5) is 10.7 Å². The number of anilines is 1. The van der Waals surface area contributed by atoms with E-state index in [2.05, 4.69) is 36.4 Å². The molecule has 1 aliphatic carbocycles. The van der Waals surface area contributed by atoms with Gasteiger partial charge in [-0.1, -0.05) is 33.2 Å². The number of aromatic hydroxyl groups is 1. The van der Waals surface area contributed by atoms with E-state index in [1.165, 1.54) is 6.07 Å². The summed E-state index contributed by atoms with van der Waals surface area (Å²) in [5, 5.41) is 16.8. The Kier molecular flexibility index (Phi) is 6.17. The van der Waals surface area contributed by atoms with E-state index in [1.807, 2.05) is 40.1 Å². The van der Waals surface area contributed by atoms with E-state index >= 15 is 0 Å². The number of hydrogen-bond acceptors (Lipinski definition) is 7. The molecule has 2 fully saturated rings. The van der Waals surface area contributed by atoms with E-state index in [1.54, 1.807) is 6.20 Å². The average molecular weight is 513 g/mol. The zero-order valence-electron chi connectivity index (χ0n) is 18.0. The molecule has 0 radical (unpaired) electrons. The molecule has 0 bridgehead atoms. The van der Waals surface area contributed by atoms with E-state index in [-0.39, 0.29) is 24.0 Å². The first kappa shape index (κ1) is 21.7. The van der Waals surface area contributed by atoms with Gasteiger partial charge in [-0.2, -0.15) is 4.98 Å². The highest BCUT2D eigenvalue weighted by molar-refractivity contribution is 9.10. The van der Waals surface area contributed by atoms with Gasteiger partial charge in [-0.15, -0.1) is 0 Å². The summed E-state index contributed by atoms with van der Waals surface area (Å²) >= 11 is 3.46. The lowest BCUT2D eigenvalue weighted by Crippen LogP contribution is -2.54. The number of aromatic nitrogens is 3. The van der Waals surface area contributed by atoms with Crippen molar-refractivity contribution in [1.82, 2.24) is 25.3 Å². The Bertz CT molecular complexity index is 1130. The van der Waals surface area contributed by atoms with Gasteiger partial charge in [0.2, 0.25) is 11.8 Å². The van der Waals surface area contributed by atoms with Gasteiger partial charge >= 0.3 is 6.03 Å². The molecular weight excluding hydrogens is 488 g/mol. The van der Waals surface area contributed by atoms with Crippen LogP contribution in [-0.2, 0) is 6.54 Å². The molecule has 172 valence electrons. The molecule has 1 saturated heterocycles. The monoisotopic (exact) mass is 512 g/mol. The minimum atomic E-state index is -0.0896. The summed E-state index contributed by atoms with van der Waals surface area (Å²) in [5.74, 6) is 1.11. The molecule has 1 saturated carbocycles. The lowest BCUT2D eigenvalue weighted by Gasteiger charge is -2.39. The number of halogens is 1. The fourth-order valence-corrected chi connectivity index (χ4v) is 4.67. The molecule has 0 unspecified atom stereocenters. The van der Waals surface area contributed by atoms with Crippen LogP contribution in [0, 0.1) is 0 Å². The minimum Gasteiger partial charge on any atom is -0.493 e. The maximum absolute atomic E-state index is 13.2. The summed E-state index contributed by atoms with van der Waals surface area (Å²) in [4.78, 5) is 25.6. The summed E-state index contributed by atoms with van der Waals surface area (Å²) in [7, 11) is 0. The number of piperidine rings is 1. The maximum Gasteiger partial charge on any atom is 0.318 e. The molecule has 33 heavy (non-hydrogen) atoms.